The molecule has 47 heavy (non-hydrogen) atoms. The molecule has 4 aromatic rings. The number of amides is 1. The van der Waals surface area contributed by atoms with Crippen molar-refractivity contribution in [2.45, 2.75) is 51.1 Å². The van der Waals surface area contributed by atoms with Crippen molar-refractivity contribution in [3.05, 3.63) is 111 Å². The third-order valence-corrected chi connectivity index (χ3v) is 7.81. The average Bonchev–Trinajstić information content (AvgIpc) is 3.04. The number of benzene rings is 3. The topological polar surface area (TPSA) is 104 Å². The lowest BCUT2D eigenvalue weighted by Crippen LogP contribution is -2.48. The van der Waals surface area contributed by atoms with Crippen LogP contribution >= 0.6 is 11.6 Å². The van der Waals surface area contributed by atoms with Crippen molar-refractivity contribution >= 4 is 40.0 Å². The lowest BCUT2D eigenvalue weighted by atomic mass is 9.86. The van der Waals surface area contributed by atoms with Crippen molar-refractivity contribution in [1.82, 2.24) is 9.88 Å². The molecule has 8 nitrogen and oxygen atoms in total. The van der Waals surface area contributed by atoms with Crippen LogP contribution in [0.1, 0.15) is 45.2 Å². The Morgan fingerprint density at radius 2 is 1.62 bits per heavy atom. The normalized spacial score (nSPS) is 12.8. The highest BCUT2D eigenvalue weighted by molar-refractivity contribution is 6.31. The van der Waals surface area contributed by atoms with E-state index in [1.165, 1.54) is 12.3 Å². The van der Waals surface area contributed by atoms with E-state index in [-0.39, 0.29) is 24.5 Å². The van der Waals surface area contributed by atoms with Crippen molar-refractivity contribution < 1.29 is 41.4 Å². The van der Waals surface area contributed by atoms with E-state index < -0.39 is 82.8 Å². The summed E-state index contributed by atoms with van der Waals surface area (Å²) in [5.74, 6) is -11.6. The molecule has 1 N–H and O–H groups in total. The molecule has 4 rings (SSSR count). The zero-order valence-electron chi connectivity index (χ0n) is 25.6. The van der Waals surface area contributed by atoms with Crippen LogP contribution in [0.2, 0.25) is 5.02 Å². The number of aromatic nitrogens is 1. The predicted octanol–water partition coefficient (Wildman–Crippen LogP) is 6.21. The summed E-state index contributed by atoms with van der Waals surface area (Å²) in [6.07, 6.45) is 0.736. The average molecular weight is 675 g/mol. The molecule has 248 valence electrons. The molecule has 0 saturated heterocycles. The molecular weight excluding hydrogens is 644 g/mol. The SMILES string of the molecule is CC[C@@H](C(=O)NC(CC(=O)OCC(C)(C)c1ccccc1)C(=O)COc1c(F)c(F)cc(F)c1F)n1ccc2ccc(Cl)cc2c1=O. The summed E-state index contributed by atoms with van der Waals surface area (Å²) in [6, 6.07) is 12.6. The van der Waals surface area contributed by atoms with E-state index in [0.29, 0.717) is 10.4 Å². The van der Waals surface area contributed by atoms with Gasteiger partial charge in [-0.15, -0.1) is 0 Å². The van der Waals surface area contributed by atoms with Crippen LogP contribution in [-0.4, -0.2) is 41.5 Å². The van der Waals surface area contributed by atoms with E-state index in [1.54, 1.807) is 25.1 Å². The fourth-order valence-electron chi connectivity index (χ4n) is 4.87. The molecule has 0 spiro atoms. The zero-order valence-corrected chi connectivity index (χ0v) is 26.4. The minimum Gasteiger partial charge on any atom is -0.479 e. The lowest BCUT2D eigenvalue weighted by molar-refractivity contribution is -0.147. The van der Waals surface area contributed by atoms with Crippen molar-refractivity contribution in [3.8, 4) is 5.75 Å². The van der Waals surface area contributed by atoms with Crippen LogP contribution in [0.4, 0.5) is 17.6 Å². The number of carbonyl (C=O) groups is 3. The Bertz CT molecular complexity index is 1840. The molecule has 0 aliphatic heterocycles. The van der Waals surface area contributed by atoms with Crippen LogP contribution in [0.5, 0.6) is 5.75 Å². The van der Waals surface area contributed by atoms with Crippen LogP contribution in [0, 0.1) is 23.3 Å². The number of pyridine rings is 1. The van der Waals surface area contributed by atoms with Gasteiger partial charge in [0.1, 0.15) is 25.3 Å². The summed E-state index contributed by atoms with van der Waals surface area (Å²) in [4.78, 5) is 53.1. The number of Topliss-reactive ketones (excluding diaryl/α,β-unsaturated/α-hetero) is 1. The van der Waals surface area contributed by atoms with Gasteiger partial charge in [0, 0.05) is 28.1 Å². The van der Waals surface area contributed by atoms with E-state index in [9.17, 15) is 36.7 Å². The highest BCUT2D eigenvalue weighted by Crippen LogP contribution is 2.27. The van der Waals surface area contributed by atoms with Gasteiger partial charge in [-0.3, -0.25) is 19.2 Å². The van der Waals surface area contributed by atoms with Gasteiger partial charge < -0.3 is 19.4 Å². The van der Waals surface area contributed by atoms with Gasteiger partial charge in [-0.05, 0) is 35.6 Å². The number of ketones is 1. The van der Waals surface area contributed by atoms with Crippen LogP contribution < -0.4 is 15.6 Å². The number of hydrogen-bond donors (Lipinski definition) is 1. The van der Waals surface area contributed by atoms with Crippen molar-refractivity contribution in [2.75, 3.05) is 13.2 Å². The smallest absolute Gasteiger partial charge is 0.308 e. The molecule has 0 radical (unpaired) electrons. The first kappa shape index (κ1) is 35.1. The van der Waals surface area contributed by atoms with E-state index in [4.69, 9.17) is 21.1 Å². The van der Waals surface area contributed by atoms with Gasteiger partial charge in [-0.25, -0.2) is 8.78 Å². The summed E-state index contributed by atoms with van der Waals surface area (Å²) >= 11 is 6.06. The van der Waals surface area contributed by atoms with Crippen LogP contribution in [0.15, 0.2) is 71.7 Å². The van der Waals surface area contributed by atoms with E-state index in [2.05, 4.69) is 5.32 Å². The maximum absolute atomic E-state index is 14.2. The monoisotopic (exact) mass is 674 g/mol. The molecular formula is C34H31ClF4N2O6. The number of nitrogens with one attached hydrogen (secondary N) is 1. The standard InChI is InChI=1S/C34H31ClF4N2O6/c1-4-26(41-13-12-19-10-11-21(35)14-22(19)33(41)45)32(44)40-25(16-28(43)47-18-34(2,3)20-8-6-5-7-9-20)27(42)17-46-31-29(38)23(36)15-24(37)30(31)39/h5-15,25-26H,4,16-18H2,1-3H3,(H,40,44)/t25?,26-/m0/s1. The number of rotatable bonds is 13. The molecule has 13 heteroatoms. The summed E-state index contributed by atoms with van der Waals surface area (Å²) in [7, 11) is 0. The largest absolute Gasteiger partial charge is 0.479 e. The fourth-order valence-corrected chi connectivity index (χ4v) is 5.05. The highest BCUT2D eigenvalue weighted by Gasteiger charge is 2.31. The van der Waals surface area contributed by atoms with Crippen molar-refractivity contribution in [2.24, 2.45) is 0 Å². The first-order valence-corrected chi connectivity index (χ1v) is 14.9. The Kier molecular flexibility index (Phi) is 11.1. The number of esters is 1. The third-order valence-electron chi connectivity index (χ3n) is 7.58. The zero-order chi connectivity index (χ0) is 34.5. The molecule has 1 heterocycles. The van der Waals surface area contributed by atoms with E-state index in [1.807, 2.05) is 44.2 Å². The molecule has 1 unspecified atom stereocenters. The second kappa shape index (κ2) is 14.8. The number of fused-ring (bicyclic) bond motifs is 1. The van der Waals surface area contributed by atoms with Gasteiger partial charge in [-0.1, -0.05) is 68.8 Å². The van der Waals surface area contributed by atoms with Crippen molar-refractivity contribution in [1.29, 1.82) is 0 Å². The first-order valence-electron chi connectivity index (χ1n) is 14.5. The maximum atomic E-state index is 14.2. The van der Waals surface area contributed by atoms with Crippen molar-refractivity contribution in [3.63, 3.8) is 0 Å². The Balaban J connectivity index is 1.57. The maximum Gasteiger partial charge on any atom is 0.308 e. The van der Waals surface area contributed by atoms with Crippen LogP contribution in [0.25, 0.3) is 10.8 Å². The molecule has 0 saturated carbocycles. The minimum absolute atomic E-state index is 0.0249. The lowest BCUT2D eigenvalue weighted by Gasteiger charge is -2.26. The van der Waals surface area contributed by atoms with Gasteiger partial charge in [0.25, 0.3) is 5.56 Å². The third kappa shape index (κ3) is 8.18. The second-order valence-corrected chi connectivity index (χ2v) is 11.8. The molecule has 0 bridgehead atoms. The number of hydrogen-bond acceptors (Lipinski definition) is 6. The fraction of sp³-hybridized carbons (Fsp3) is 0.294. The summed E-state index contributed by atoms with van der Waals surface area (Å²) in [5.41, 5.74) is -0.312. The number of halogens is 5. The molecule has 0 aliphatic carbocycles. The predicted molar refractivity (Wildman–Crippen MR) is 166 cm³/mol. The first-order chi connectivity index (χ1) is 22.2. The van der Waals surface area contributed by atoms with Crippen LogP contribution in [-0.2, 0) is 24.5 Å². The molecule has 0 aliphatic rings. The van der Waals surface area contributed by atoms with E-state index in [0.717, 1.165) is 10.1 Å². The number of nitrogens with zero attached hydrogens (tertiary/aromatic N) is 1. The van der Waals surface area contributed by atoms with E-state index >= 15 is 0 Å². The Hall–Kier alpha value is -4.71. The Morgan fingerprint density at radius 1 is 0.957 bits per heavy atom. The van der Waals surface area contributed by atoms with Gasteiger partial charge in [-0.2, -0.15) is 8.78 Å². The minimum atomic E-state index is -1.87. The quantitative estimate of drug-likeness (QED) is 0.103. The van der Waals surface area contributed by atoms with Gasteiger partial charge in [0.05, 0.1) is 6.42 Å². The Labute approximate surface area is 272 Å². The molecule has 1 amide bonds. The molecule has 1 aromatic heterocycles. The molecule has 0 fully saturated rings. The molecule has 2 atom stereocenters. The summed E-state index contributed by atoms with van der Waals surface area (Å²) in [5, 5.41) is 3.53. The number of ether oxygens (including phenoxy) is 2. The highest BCUT2D eigenvalue weighted by atomic mass is 35.5. The van der Waals surface area contributed by atoms with Gasteiger partial charge >= 0.3 is 5.97 Å². The second-order valence-electron chi connectivity index (χ2n) is 11.4. The summed E-state index contributed by atoms with van der Waals surface area (Å²) in [6.45, 7) is 3.98. The summed E-state index contributed by atoms with van der Waals surface area (Å²) < 4.78 is 67.1. The van der Waals surface area contributed by atoms with Crippen LogP contribution in [0.3, 0.4) is 0 Å². The Morgan fingerprint density at radius 3 is 2.26 bits per heavy atom. The van der Waals surface area contributed by atoms with Gasteiger partial charge in [0.15, 0.2) is 23.2 Å². The molecule has 3 aromatic carbocycles. The van der Waals surface area contributed by atoms with Gasteiger partial charge in [0.2, 0.25) is 17.5 Å². The number of carbonyl (C=O) groups excluding carboxylic acids is 3.